The highest BCUT2D eigenvalue weighted by atomic mass is 19.1. The molecule has 3 aromatic rings. The summed E-state index contributed by atoms with van der Waals surface area (Å²) in [5.41, 5.74) is 2.78. The minimum Gasteiger partial charge on any atom is -0.273 e. The van der Waals surface area contributed by atoms with Crippen LogP contribution in [0.5, 0.6) is 0 Å². The molecule has 128 valence electrons. The zero-order valence-corrected chi connectivity index (χ0v) is 13.4. The molecule has 1 amide bonds. The highest BCUT2D eigenvalue weighted by molar-refractivity contribution is 5.86. The number of nitrogens with one attached hydrogen (secondary N) is 1. The second-order valence-electron chi connectivity index (χ2n) is 5.53. The number of amides is 1. The first-order valence-corrected chi connectivity index (χ1v) is 7.73. The van der Waals surface area contributed by atoms with Crippen LogP contribution in [0.3, 0.4) is 0 Å². The molecule has 5 nitrogen and oxygen atoms in total. The Kier molecular flexibility index (Phi) is 4.56. The summed E-state index contributed by atoms with van der Waals surface area (Å²) in [5.74, 6) is -1.70. The van der Waals surface area contributed by atoms with Crippen molar-refractivity contribution in [3.8, 4) is 0 Å². The van der Waals surface area contributed by atoms with Gasteiger partial charge in [0.25, 0.3) is 5.56 Å². The Labute approximate surface area is 141 Å². The fourth-order valence-corrected chi connectivity index (χ4v) is 2.59. The van der Waals surface area contributed by atoms with Crippen LogP contribution in [0.1, 0.15) is 18.3 Å². The summed E-state index contributed by atoms with van der Waals surface area (Å²) in [5, 5.41) is 0.372. The Morgan fingerprint density at radius 1 is 1.16 bits per heavy atom. The third-order valence-corrected chi connectivity index (χ3v) is 3.68. The number of aromatic nitrogens is 2. The van der Waals surface area contributed by atoms with Gasteiger partial charge < -0.3 is 0 Å². The van der Waals surface area contributed by atoms with Gasteiger partial charge in [-0.15, -0.1) is 0 Å². The van der Waals surface area contributed by atoms with Crippen molar-refractivity contribution in [2.75, 3.05) is 5.43 Å². The fourth-order valence-electron chi connectivity index (χ4n) is 2.59. The molecule has 1 N–H and O–H groups in total. The topological polar surface area (TPSA) is 64.0 Å². The molecule has 0 aliphatic heterocycles. The third-order valence-electron chi connectivity index (χ3n) is 3.68. The first-order valence-electron chi connectivity index (χ1n) is 7.73. The number of benzene rings is 2. The van der Waals surface area contributed by atoms with Gasteiger partial charge >= 0.3 is 0 Å². The van der Waals surface area contributed by atoms with Crippen molar-refractivity contribution in [2.45, 2.75) is 19.8 Å². The van der Waals surface area contributed by atoms with E-state index < -0.39 is 23.1 Å². The number of aryl methyl sites for hydroxylation is 1. The van der Waals surface area contributed by atoms with Crippen LogP contribution in [0.4, 0.5) is 8.78 Å². The van der Waals surface area contributed by atoms with Gasteiger partial charge in [0.1, 0.15) is 17.5 Å². The van der Waals surface area contributed by atoms with E-state index in [4.69, 9.17) is 0 Å². The molecule has 0 atom stereocenters. The van der Waals surface area contributed by atoms with Crippen molar-refractivity contribution >= 4 is 16.8 Å². The van der Waals surface area contributed by atoms with Gasteiger partial charge in [-0.05, 0) is 29.8 Å². The van der Waals surface area contributed by atoms with E-state index in [1.165, 1.54) is 0 Å². The van der Waals surface area contributed by atoms with Gasteiger partial charge in [0.2, 0.25) is 5.91 Å². The maximum atomic E-state index is 13.2. The smallest absolute Gasteiger partial charge is 0.273 e. The second-order valence-corrected chi connectivity index (χ2v) is 5.53. The highest BCUT2D eigenvalue weighted by Crippen LogP contribution is 2.10. The first kappa shape index (κ1) is 16.8. The van der Waals surface area contributed by atoms with Crippen LogP contribution >= 0.6 is 0 Å². The Bertz CT molecular complexity index is 995. The van der Waals surface area contributed by atoms with Crippen molar-refractivity contribution in [2.24, 2.45) is 0 Å². The van der Waals surface area contributed by atoms with Crippen molar-refractivity contribution in [3.63, 3.8) is 0 Å². The summed E-state index contributed by atoms with van der Waals surface area (Å²) in [6.45, 7) is 1.81. The summed E-state index contributed by atoms with van der Waals surface area (Å²) < 4.78 is 27.5. The number of nitrogens with zero attached hydrogens (tertiary/aromatic N) is 2. The molecule has 1 heterocycles. The number of carbonyl (C=O) groups is 1. The quantitative estimate of drug-likeness (QED) is 0.792. The van der Waals surface area contributed by atoms with E-state index >= 15 is 0 Å². The zero-order chi connectivity index (χ0) is 18.0. The number of hydrogen-bond donors (Lipinski definition) is 1. The van der Waals surface area contributed by atoms with Crippen molar-refractivity contribution < 1.29 is 13.6 Å². The van der Waals surface area contributed by atoms with Crippen molar-refractivity contribution in [3.05, 3.63) is 75.8 Å². The number of fused-ring (bicyclic) bond motifs is 1. The van der Waals surface area contributed by atoms with E-state index in [9.17, 15) is 18.4 Å². The number of rotatable bonds is 4. The molecule has 0 spiro atoms. The summed E-state index contributed by atoms with van der Waals surface area (Å²) in [4.78, 5) is 29.2. The molecule has 1 aromatic heterocycles. The van der Waals surface area contributed by atoms with Gasteiger partial charge in [-0.2, -0.15) is 0 Å². The van der Waals surface area contributed by atoms with Crippen LogP contribution in [0.2, 0.25) is 0 Å². The van der Waals surface area contributed by atoms with Crippen molar-refractivity contribution in [1.82, 2.24) is 9.66 Å². The van der Waals surface area contributed by atoms with Crippen molar-refractivity contribution in [1.29, 1.82) is 0 Å². The molecular weight excluding hydrogens is 328 g/mol. The SMILES string of the molecule is CCc1nc2ccccc2c(=O)n1NC(=O)Cc1cc(F)cc(F)c1. The summed E-state index contributed by atoms with van der Waals surface area (Å²) in [6.07, 6.45) is 0.159. The Morgan fingerprint density at radius 2 is 1.84 bits per heavy atom. The molecule has 25 heavy (non-hydrogen) atoms. The highest BCUT2D eigenvalue weighted by Gasteiger charge is 2.13. The van der Waals surface area contributed by atoms with Gasteiger partial charge in [-0.3, -0.25) is 15.0 Å². The number of para-hydroxylation sites is 1. The van der Waals surface area contributed by atoms with E-state index in [0.717, 1.165) is 22.9 Å². The van der Waals surface area contributed by atoms with E-state index in [1.54, 1.807) is 31.2 Å². The molecule has 7 heteroatoms. The lowest BCUT2D eigenvalue weighted by Gasteiger charge is -2.13. The lowest BCUT2D eigenvalue weighted by Crippen LogP contribution is -2.37. The molecule has 0 bridgehead atoms. The Balaban J connectivity index is 1.92. The van der Waals surface area contributed by atoms with Gasteiger partial charge in [0, 0.05) is 12.5 Å². The monoisotopic (exact) mass is 343 g/mol. The second kappa shape index (κ2) is 6.80. The largest absolute Gasteiger partial charge is 0.280 e. The van der Waals surface area contributed by atoms with E-state index in [1.807, 2.05) is 0 Å². The van der Waals surface area contributed by atoms with Crippen LogP contribution in [0.15, 0.2) is 47.3 Å². The summed E-state index contributed by atoms with van der Waals surface area (Å²) in [7, 11) is 0. The van der Waals surface area contributed by atoms with Crippen LogP contribution in [0.25, 0.3) is 10.9 Å². The van der Waals surface area contributed by atoms with Gasteiger partial charge in [-0.1, -0.05) is 19.1 Å². The Hall–Kier alpha value is -3.09. The molecule has 0 saturated carbocycles. The summed E-state index contributed by atoms with van der Waals surface area (Å²) >= 11 is 0. The minimum atomic E-state index is -0.762. The van der Waals surface area contributed by atoms with Gasteiger partial charge in [0.05, 0.1) is 17.3 Å². The maximum Gasteiger partial charge on any atom is 0.280 e. The predicted molar refractivity (Wildman–Crippen MR) is 89.8 cm³/mol. The predicted octanol–water partition coefficient (Wildman–Crippen LogP) is 2.55. The van der Waals surface area contributed by atoms with Crippen LogP contribution in [0, 0.1) is 11.6 Å². The van der Waals surface area contributed by atoms with E-state index in [-0.39, 0.29) is 12.0 Å². The van der Waals surface area contributed by atoms with Crippen LogP contribution in [-0.2, 0) is 17.6 Å². The van der Waals surface area contributed by atoms with Gasteiger partial charge in [-0.25, -0.2) is 18.4 Å². The van der Waals surface area contributed by atoms with Crippen LogP contribution < -0.4 is 11.0 Å². The first-order chi connectivity index (χ1) is 12.0. The molecule has 0 aliphatic carbocycles. The third kappa shape index (κ3) is 3.55. The van der Waals surface area contributed by atoms with E-state index in [2.05, 4.69) is 10.4 Å². The molecule has 0 fully saturated rings. The molecule has 3 rings (SSSR count). The average molecular weight is 343 g/mol. The number of hydrogen-bond acceptors (Lipinski definition) is 3. The Morgan fingerprint density at radius 3 is 2.52 bits per heavy atom. The maximum absolute atomic E-state index is 13.2. The fraction of sp³-hybridized carbons (Fsp3) is 0.167. The van der Waals surface area contributed by atoms with Gasteiger partial charge in [0.15, 0.2) is 0 Å². The minimum absolute atomic E-state index is 0.176. The molecule has 0 saturated heterocycles. The zero-order valence-electron chi connectivity index (χ0n) is 13.4. The molecule has 0 radical (unpaired) electrons. The number of halogens is 2. The van der Waals surface area contributed by atoms with Crippen LogP contribution in [-0.4, -0.2) is 15.6 Å². The molecule has 0 aliphatic rings. The average Bonchev–Trinajstić information content (AvgIpc) is 2.56. The molecule has 0 unspecified atom stereocenters. The van der Waals surface area contributed by atoms with E-state index in [0.29, 0.717) is 23.1 Å². The standard InChI is InChI=1S/C18H15F2N3O2/c1-2-16-21-15-6-4-3-5-14(15)18(25)23(16)22-17(24)9-11-7-12(19)10-13(20)8-11/h3-8,10H,2,9H2,1H3,(H,22,24). The lowest BCUT2D eigenvalue weighted by atomic mass is 10.1. The number of carbonyl (C=O) groups excluding carboxylic acids is 1. The normalized spacial score (nSPS) is 10.8. The summed E-state index contributed by atoms with van der Waals surface area (Å²) in [6, 6.07) is 9.70. The molecular formula is C18H15F2N3O2. The molecule has 2 aromatic carbocycles. The lowest BCUT2D eigenvalue weighted by molar-refractivity contribution is -0.116.